The number of benzene rings is 1. The molecule has 1 aromatic carbocycles. The Hall–Kier alpha value is -0.481. The van der Waals surface area contributed by atoms with Crippen LogP contribution in [0.4, 0.5) is 0 Å². The minimum absolute atomic E-state index is 0.0175. The van der Waals surface area contributed by atoms with Crippen molar-refractivity contribution in [2.75, 3.05) is 0 Å². The van der Waals surface area contributed by atoms with Crippen molar-refractivity contribution in [3.63, 3.8) is 0 Å². The molecule has 202 valence electrons. The van der Waals surface area contributed by atoms with Crippen molar-refractivity contribution < 1.29 is 10.2 Å². The van der Waals surface area contributed by atoms with Gasteiger partial charge in [-0.15, -0.1) is 0 Å². The molecule has 3 aliphatic carbocycles. The SMILES string of the molecule is CCC[CH2][Sn](/[CH]=C/[C@]1(O)CC[C@H]2[C@@H]3CCc4cc(O)ccc4[C@H]3[C@@H](C)C[C@@]21C)([CH2]CCC)[CH2]CCC. The monoisotopic (exact) mass is 602 g/mol. The van der Waals surface area contributed by atoms with Gasteiger partial charge in [-0.25, -0.2) is 0 Å². The van der Waals surface area contributed by atoms with Crippen LogP contribution in [-0.4, -0.2) is 34.2 Å². The van der Waals surface area contributed by atoms with Gasteiger partial charge in [0.05, 0.1) is 0 Å². The maximum absolute atomic E-state index is 12.4. The van der Waals surface area contributed by atoms with Crippen LogP contribution in [0.15, 0.2) is 28.4 Å². The summed E-state index contributed by atoms with van der Waals surface area (Å²) in [6.07, 6.45) is 16.0. The number of unbranched alkanes of at least 4 members (excludes halogenated alkanes) is 3. The van der Waals surface area contributed by atoms with E-state index in [2.05, 4.69) is 50.9 Å². The summed E-state index contributed by atoms with van der Waals surface area (Å²) in [7, 11) is 0. The number of hydrogen-bond acceptors (Lipinski definition) is 2. The molecular weight excluding hydrogens is 547 g/mol. The standard InChI is InChI=1S/C21H27O2.3C4H9.Sn/c1-4-21(23)10-9-18-17-7-5-14-11-15(22)6-8-16(14)19(17)13(2)12-20(18,21)3;3*1-3-4-2;/h1,4,6,8,11,13,17-19,22-23H,5,7,9-10,12H2,2-3H3;3*1,3-4H2,2H3;/t13-,17-,18-,19+,20-,21-;;;;/m0..../s1. The molecule has 3 heteroatoms. The predicted octanol–water partition coefficient (Wildman–Crippen LogP) is 9.17. The van der Waals surface area contributed by atoms with E-state index < -0.39 is 24.0 Å². The molecule has 2 nitrogen and oxygen atoms in total. The first kappa shape index (κ1) is 28.5. The zero-order chi connectivity index (χ0) is 26.0. The normalized spacial score (nSPS) is 33.9. The summed E-state index contributed by atoms with van der Waals surface area (Å²) in [4.78, 5) is 0. The van der Waals surface area contributed by atoms with Crippen LogP contribution in [0.2, 0.25) is 13.3 Å². The number of rotatable bonds is 11. The second-order valence-corrected chi connectivity index (χ2v) is 26.3. The van der Waals surface area contributed by atoms with Crippen molar-refractivity contribution in [2.24, 2.45) is 23.2 Å². The van der Waals surface area contributed by atoms with E-state index in [1.165, 1.54) is 75.8 Å². The van der Waals surface area contributed by atoms with E-state index in [9.17, 15) is 10.2 Å². The van der Waals surface area contributed by atoms with Crippen molar-refractivity contribution in [3.05, 3.63) is 39.5 Å². The maximum atomic E-state index is 12.4. The van der Waals surface area contributed by atoms with Crippen molar-refractivity contribution in [3.8, 4) is 5.75 Å². The molecule has 6 atom stereocenters. The van der Waals surface area contributed by atoms with Crippen LogP contribution in [0, 0.1) is 23.2 Å². The second-order valence-electron chi connectivity index (χ2n) is 13.3. The molecule has 4 rings (SSSR count). The van der Waals surface area contributed by atoms with E-state index in [1.807, 2.05) is 12.1 Å². The van der Waals surface area contributed by atoms with Gasteiger partial charge < -0.3 is 0 Å². The van der Waals surface area contributed by atoms with Crippen molar-refractivity contribution in [1.82, 2.24) is 0 Å². The van der Waals surface area contributed by atoms with Gasteiger partial charge in [-0.05, 0) is 0 Å². The molecule has 1 aromatic rings. The molecule has 3 aliphatic rings. The molecule has 0 radical (unpaired) electrons. The van der Waals surface area contributed by atoms with Crippen LogP contribution in [0.25, 0.3) is 0 Å². The number of fused-ring (bicyclic) bond motifs is 5. The molecule has 0 spiro atoms. The summed E-state index contributed by atoms with van der Waals surface area (Å²) in [6.45, 7) is 11.9. The average Bonchev–Trinajstić information content (AvgIpc) is 3.13. The van der Waals surface area contributed by atoms with Crippen LogP contribution in [-0.2, 0) is 6.42 Å². The molecule has 2 N–H and O–H groups in total. The summed E-state index contributed by atoms with van der Waals surface area (Å²) in [5, 5.41) is 22.5. The van der Waals surface area contributed by atoms with Gasteiger partial charge in [-0.2, -0.15) is 0 Å². The Kier molecular flexibility index (Phi) is 9.29. The zero-order valence-electron chi connectivity index (χ0n) is 24.0. The van der Waals surface area contributed by atoms with E-state index in [0.29, 0.717) is 29.4 Å². The Morgan fingerprint density at radius 1 is 1.00 bits per heavy atom. The molecule has 0 amide bonds. The molecule has 0 unspecified atom stereocenters. The fourth-order valence-electron chi connectivity index (χ4n) is 8.96. The van der Waals surface area contributed by atoms with Gasteiger partial charge in [0.15, 0.2) is 0 Å². The summed E-state index contributed by atoms with van der Waals surface area (Å²) in [5.74, 6) is 2.81. The Morgan fingerprint density at radius 2 is 1.64 bits per heavy atom. The topological polar surface area (TPSA) is 40.5 Å². The quantitative estimate of drug-likeness (QED) is 0.249. The van der Waals surface area contributed by atoms with E-state index in [-0.39, 0.29) is 5.41 Å². The molecule has 2 fully saturated rings. The third-order valence-corrected chi connectivity index (χ3v) is 25.1. The summed E-state index contributed by atoms with van der Waals surface area (Å²) in [6, 6.07) is 6.11. The van der Waals surface area contributed by atoms with E-state index in [0.717, 1.165) is 19.3 Å². The van der Waals surface area contributed by atoms with Crippen molar-refractivity contribution in [1.29, 1.82) is 0 Å². The summed E-state index contributed by atoms with van der Waals surface area (Å²) in [5.41, 5.74) is 2.19. The molecule has 0 heterocycles. The Labute approximate surface area is 226 Å². The number of aromatic hydroxyl groups is 1. The number of hydrogen-bond donors (Lipinski definition) is 2. The van der Waals surface area contributed by atoms with Crippen LogP contribution in [0.1, 0.15) is 116 Å². The van der Waals surface area contributed by atoms with Gasteiger partial charge >= 0.3 is 227 Å². The second kappa shape index (κ2) is 11.7. The first-order valence-corrected chi connectivity index (χ1v) is 23.2. The minimum atomic E-state index is -2.44. The fourth-order valence-corrected chi connectivity index (χ4v) is 23.4. The first-order valence-electron chi connectivity index (χ1n) is 15.5. The van der Waals surface area contributed by atoms with Gasteiger partial charge in [0, 0.05) is 0 Å². The molecule has 2 saturated carbocycles. The van der Waals surface area contributed by atoms with Crippen LogP contribution >= 0.6 is 0 Å². The summed E-state index contributed by atoms with van der Waals surface area (Å²) >= 11 is -2.44. The van der Waals surface area contributed by atoms with Gasteiger partial charge in [0.1, 0.15) is 0 Å². The number of phenolic OH excluding ortho intramolecular Hbond substituents is 1. The molecule has 36 heavy (non-hydrogen) atoms. The average molecular weight is 602 g/mol. The number of aryl methyl sites for hydroxylation is 1. The van der Waals surface area contributed by atoms with Gasteiger partial charge in [0.25, 0.3) is 0 Å². The first-order chi connectivity index (χ1) is 17.2. The van der Waals surface area contributed by atoms with Crippen LogP contribution in [0.5, 0.6) is 5.75 Å². The predicted molar refractivity (Wildman–Crippen MR) is 156 cm³/mol. The van der Waals surface area contributed by atoms with E-state index in [1.54, 1.807) is 0 Å². The Morgan fingerprint density at radius 3 is 2.25 bits per heavy atom. The Balaban J connectivity index is 1.62. The van der Waals surface area contributed by atoms with Gasteiger partial charge in [0.2, 0.25) is 0 Å². The number of aliphatic hydroxyl groups is 1. The molecule has 0 saturated heterocycles. The molecule has 0 aliphatic heterocycles. The molecule has 0 bridgehead atoms. The fraction of sp³-hybridized carbons (Fsp3) is 0.758. The van der Waals surface area contributed by atoms with Crippen molar-refractivity contribution >= 4 is 18.4 Å². The van der Waals surface area contributed by atoms with Crippen molar-refractivity contribution in [2.45, 2.75) is 130 Å². The summed E-state index contributed by atoms with van der Waals surface area (Å²) < 4.78 is 7.17. The number of phenols is 1. The molecule has 0 aromatic heterocycles. The van der Waals surface area contributed by atoms with Gasteiger partial charge in [-0.1, -0.05) is 0 Å². The van der Waals surface area contributed by atoms with Crippen LogP contribution < -0.4 is 0 Å². The van der Waals surface area contributed by atoms with E-state index >= 15 is 0 Å². The van der Waals surface area contributed by atoms with Crippen LogP contribution in [0.3, 0.4) is 0 Å². The zero-order valence-corrected chi connectivity index (χ0v) is 26.8. The Bertz CT molecular complexity index is 887. The van der Waals surface area contributed by atoms with Gasteiger partial charge in [-0.3, -0.25) is 0 Å². The third-order valence-electron chi connectivity index (χ3n) is 11.0. The molecular formula is C33H54O2Sn. The van der Waals surface area contributed by atoms with E-state index in [4.69, 9.17) is 0 Å². The third kappa shape index (κ3) is 5.33.